The summed E-state index contributed by atoms with van der Waals surface area (Å²) in [7, 11) is 1.66. The van der Waals surface area contributed by atoms with Gasteiger partial charge in [0.1, 0.15) is 11.5 Å². The SMILES string of the molecule is COc1cc(C)c(-c2nc3ccccc3c(=O)n2N=Cc2c(OCC(=O)N3CCOCC3)ccc3ccccc23)cc1C(C)C. The fourth-order valence-corrected chi connectivity index (χ4v) is 5.67. The molecule has 0 radical (unpaired) electrons. The Morgan fingerprint density at radius 1 is 1.00 bits per heavy atom. The molecule has 0 N–H and O–H groups in total. The minimum atomic E-state index is -0.293. The number of carbonyl (C=O) groups excluding carboxylic acids is 1. The zero-order chi connectivity index (χ0) is 31.5. The molecule has 0 atom stereocenters. The van der Waals surface area contributed by atoms with Gasteiger partial charge >= 0.3 is 0 Å². The lowest BCUT2D eigenvalue weighted by atomic mass is 9.96. The fourth-order valence-electron chi connectivity index (χ4n) is 5.67. The molecule has 1 aliphatic heterocycles. The van der Waals surface area contributed by atoms with Crippen LogP contribution in [0.15, 0.2) is 82.7 Å². The monoisotopic (exact) mass is 604 g/mol. The largest absolute Gasteiger partial charge is 0.496 e. The van der Waals surface area contributed by atoms with Crippen LogP contribution in [0.4, 0.5) is 0 Å². The maximum Gasteiger partial charge on any atom is 0.282 e. The molecule has 0 saturated carbocycles. The number of morpholine rings is 1. The van der Waals surface area contributed by atoms with Crippen molar-refractivity contribution in [3.63, 3.8) is 0 Å². The van der Waals surface area contributed by atoms with E-state index in [0.29, 0.717) is 54.3 Å². The van der Waals surface area contributed by atoms with E-state index in [0.717, 1.165) is 33.2 Å². The molecule has 1 aromatic heterocycles. The minimum Gasteiger partial charge on any atom is -0.496 e. The Balaban J connectivity index is 1.49. The van der Waals surface area contributed by atoms with Crippen molar-refractivity contribution in [2.45, 2.75) is 26.7 Å². The number of rotatable bonds is 8. The zero-order valence-corrected chi connectivity index (χ0v) is 25.9. The third-order valence-corrected chi connectivity index (χ3v) is 8.14. The Kier molecular flexibility index (Phi) is 8.62. The molecule has 9 nitrogen and oxygen atoms in total. The van der Waals surface area contributed by atoms with Crippen LogP contribution in [-0.4, -0.2) is 66.7 Å². The number of hydrogen-bond donors (Lipinski definition) is 0. The number of aromatic nitrogens is 2. The number of fused-ring (bicyclic) bond motifs is 2. The van der Waals surface area contributed by atoms with Crippen LogP contribution in [0.2, 0.25) is 0 Å². The van der Waals surface area contributed by atoms with Gasteiger partial charge < -0.3 is 19.1 Å². The molecule has 2 heterocycles. The van der Waals surface area contributed by atoms with Gasteiger partial charge in [0.15, 0.2) is 12.4 Å². The highest BCUT2D eigenvalue weighted by Gasteiger charge is 2.20. The summed E-state index contributed by atoms with van der Waals surface area (Å²) in [6, 6.07) is 22.9. The van der Waals surface area contributed by atoms with Crippen LogP contribution in [0.5, 0.6) is 11.5 Å². The van der Waals surface area contributed by atoms with Crippen LogP contribution in [0, 0.1) is 6.92 Å². The van der Waals surface area contributed by atoms with Gasteiger partial charge in [-0.3, -0.25) is 9.59 Å². The van der Waals surface area contributed by atoms with E-state index in [1.165, 1.54) is 4.68 Å². The number of benzene rings is 4. The molecule has 1 saturated heterocycles. The van der Waals surface area contributed by atoms with Crippen molar-refractivity contribution >= 4 is 33.8 Å². The molecule has 0 unspecified atom stereocenters. The maximum atomic E-state index is 14.0. The molecule has 0 spiro atoms. The minimum absolute atomic E-state index is 0.109. The average Bonchev–Trinajstić information content (AvgIpc) is 3.07. The normalized spacial score (nSPS) is 13.7. The van der Waals surface area contributed by atoms with Gasteiger partial charge in [-0.2, -0.15) is 9.78 Å². The van der Waals surface area contributed by atoms with Gasteiger partial charge in [-0.15, -0.1) is 0 Å². The Morgan fingerprint density at radius 3 is 2.49 bits per heavy atom. The van der Waals surface area contributed by atoms with E-state index in [9.17, 15) is 9.59 Å². The Labute approximate surface area is 261 Å². The molecule has 230 valence electrons. The number of methoxy groups -OCH3 is 1. The standard InChI is InChI=1S/C36H36N4O5/c1-23(2)28-20-29(24(3)19-33(28)43-4)35-38-31-12-8-7-11-27(31)36(42)40(35)37-21-30-26-10-6-5-9-25(26)13-14-32(30)45-22-34(41)39-15-17-44-18-16-39/h5-14,19-21,23H,15-18,22H2,1-4H3. The lowest BCUT2D eigenvalue weighted by Crippen LogP contribution is -2.43. The number of nitrogens with zero attached hydrogens (tertiary/aromatic N) is 4. The van der Waals surface area contributed by atoms with Gasteiger partial charge in [-0.05, 0) is 65.1 Å². The topological polar surface area (TPSA) is 95.2 Å². The summed E-state index contributed by atoms with van der Waals surface area (Å²) in [6.07, 6.45) is 1.63. The molecule has 0 aliphatic carbocycles. The Bertz CT molecular complexity index is 1970. The lowest BCUT2D eigenvalue weighted by molar-refractivity contribution is -0.137. The van der Waals surface area contributed by atoms with E-state index in [1.807, 2.05) is 73.7 Å². The summed E-state index contributed by atoms with van der Waals surface area (Å²) in [5, 5.41) is 7.09. The van der Waals surface area contributed by atoms with Crippen molar-refractivity contribution in [2.24, 2.45) is 5.10 Å². The zero-order valence-electron chi connectivity index (χ0n) is 25.9. The molecule has 5 aromatic rings. The predicted octanol–water partition coefficient (Wildman–Crippen LogP) is 5.78. The van der Waals surface area contributed by atoms with E-state index in [1.54, 1.807) is 24.3 Å². The molecule has 9 heteroatoms. The van der Waals surface area contributed by atoms with Gasteiger partial charge in [0.25, 0.3) is 11.5 Å². The first-order valence-corrected chi connectivity index (χ1v) is 15.1. The van der Waals surface area contributed by atoms with Gasteiger partial charge in [0, 0.05) is 24.2 Å². The summed E-state index contributed by atoms with van der Waals surface area (Å²) >= 11 is 0. The number of amides is 1. The van der Waals surface area contributed by atoms with E-state index < -0.39 is 0 Å². The third-order valence-electron chi connectivity index (χ3n) is 8.14. The van der Waals surface area contributed by atoms with Crippen LogP contribution in [0.25, 0.3) is 33.1 Å². The van der Waals surface area contributed by atoms with Crippen LogP contribution >= 0.6 is 0 Å². The second-order valence-corrected chi connectivity index (χ2v) is 11.4. The van der Waals surface area contributed by atoms with E-state index in [2.05, 4.69) is 13.8 Å². The molecular formula is C36H36N4O5. The lowest BCUT2D eigenvalue weighted by Gasteiger charge is -2.26. The van der Waals surface area contributed by atoms with Gasteiger partial charge in [0.05, 0.1) is 37.4 Å². The van der Waals surface area contributed by atoms with Crippen molar-refractivity contribution < 1.29 is 19.0 Å². The first kappa shape index (κ1) is 30.0. The predicted molar refractivity (Wildman–Crippen MR) is 177 cm³/mol. The highest BCUT2D eigenvalue weighted by atomic mass is 16.5. The smallest absolute Gasteiger partial charge is 0.282 e. The maximum absolute atomic E-state index is 14.0. The fraction of sp³-hybridized carbons (Fsp3) is 0.278. The van der Waals surface area contributed by atoms with Gasteiger partial charge in [-0.1, -0.05) is 56.3 Å². The summed E-state index contributed by atoms with van der Waals surface area (Å²) in [5.41, 5.74) is 3.64. The van der Waals surface area contributed by atoms with E-state index >= 15 is 0 Å². The molecule has 4 aromatic carbocycles. The van der Waals surface area contributed by atoms with Gasteiger partial charge in [0.2, 0.25) is 0 Å². The number of ether oxygens (including phenoxy) is 3. The van der Waals surface area contributed by atoms with Crippen molar-refractivity contribution in [2.75, 3.05) is 40.0 Å². The molecule has 1 fully saturated rings. The number of para-hydroxylation sites is 1. The first-order valence-electron chi connectivity index (χ1n) is 15.1. The van der Waals surface area contributed by atoms with Gasteiger partial charge in [-0.25, -0.2) is 4.98 Å². The van der Waals surface area contributed by atoms with Crippen LogP contribution < -0.4 is 15.0 Å². The van der Waals surface area contributed by atoms with E-state index in [-0.39, 0.29) is 24.0 Å². The Morgan fingerprint density at radius 2 is 1.73 bits per heavy atom. The summed E-state index contributed by atoms with van der Waals surface area (Å²) in [5.74, 6) is 1.77. The molecule has 1 amide bonds. The molecule has 6 rings (SSSR count). The molecule has 45 heavy (non-hydrogen) atoms. The molecular weight excluding hydrogens is 568 g/mol. The summed E-state index contributed by atoms with van der Waals surface area (Å²) < 4.78 is 18.5. The number of hydrogen-bond acceptors (Lipinski definition) is 7. The highest BCUT2D eigenvalue weighted by molar-refractivity contribution is 6.02. The quantitative estimate of drug-likeness (QED) is 0.209. The second-order valence-electron chi connectivity index (χ2n) is 11.4. The van der Waals surface area contributed by atoms with Crippen LogP contribution in [0.3, 0.4) is 0 Å². The number of carbonyl (C=O) groups is 1. The molecule has 1 aliphatic rings. The van der Waals surface area contributed by atoms with E-state index in [4.69, 9.17) is 24.3 Å². The van der Waals surface area contributed by atoms with Crippen LogP contribution in [-0.2, 0) is 9.53 Å². The molecule has 0 bridgehead atoms. The highest BCUT2D eigenvalue weighted by Crippen LogP contribution is 2.34. The average molecular weight is 605 g/mol. The van der Waals surface area contributed by atoms with Crippen LogP contribution in [0.1, 0.15) is 36.5 Å². The van der Waals surface area contributed by atoms with Crippen molar-refractivity contribution in [3.8, 4) is 22.9 Å². The first-order chi connectivity index (χ1) is 21.9. The Hall–Kier alpha value is -5.02. The third kappa shape index (κ3) is 6.04. The summed E-state index contributed by atoms with van der Waals surface area (Å²) in [6.45, 7) is 8.16. The number of aryl methyl sites for hydroxylation is 1. The van der Waals surface area contributed by atoms with Crippen molar-refractivity contribution in [3.05, 3.63) is 99.8 Å². The van der Waals surface area contributed by atoms with Crippen molar-refractivity contribution in [1.82, 2.24) is 14.6 Å². The summed E-state index contributed by atoms with van der Waals surface area (Å²) in [4.78, 5) is 33.6. The van der Waals surface area contributed by atoms with Crippen molar-refractivity contribution in [1.29, 1.82) is 0 Å². The second kappa shape index (κ2) is 12.9.